The Morgan fingerprint density at radius 2 is 1.58 bits per heavy atom. The van der Waals surface area contributed by atoms with E-state index in [2.05, 4.69) is 16.0 Å². The molecular formula is C25H34N4O6S. The van der Waals surface area contributed by atoms with Crippen LogP contribution >= 0.6 is 0 Å². The van der Waals surface area contributed by atoms with Crippen molar-refractivity contribution in [3.05, 3.63) is 65.7 Å². The molecule has 36 heavy (non-hydrogen) atoms. The SMILES string of the molecule is CS(=O)CC[C@@H](NC(=O)[C@@H](N)Cc1ccc(O)cc1)C(=O)NCC(=O)N[C@H](CO)Cc1ccccc1. The van der Waals surface area contributed by atoms with E-state index >= 15 is 0 Å². The summed E-state index contributed by atoms with van der Waals surface area (Å²) < 4.78 is 11.6. The van der Waals surface area contributed by atoms with Crippen LogP contribution in [0.25, 0.3) is 0 Å². The van der Waals surface area contributed by atoms with Crippen molar-refractivity contribution >= 4 is 28.5 Å². The maximum atomic E-state index is 12.7. The number of carbonyl (C=O) groups is 3. The number of aliphatic hydroxyl groups excluding tert-OH is 1. The lowest BCUT2D eigenvalue weighted by Gasteiger charge is -2.21. The lowest BCUT2D eigenvalue weighted by Crippen LogP contribution is -2.54. The van der Waals surface area contributed by atoms with E-state index in [-0.39, 0.29) is 37.5 Å². The number of carbonyl (C=O) groups excluding carboxylic acids is 3. The van der Waals surface area contributed by atoms with E-state index in [0.717, 1.165) is 11.1 Å². The molecular weight excluding hydrogens is 484 g/mol. The number of nitrogens with one attached hydrogen (secondary N) is 3. The molecule has 7 N–H and O–H groups in total. The van der Waals surface area contributed by atoms with Gasteiger partial charge in [0.05, 0.1) is 25.2 Å². The minimum Gasteiger partial charge on any atom is -0.508 e. The van der Waals surface area contributed by atoms with Crippen molar-refractivity contribution in [1.29, 1.82) is 0 Å². The second kappa shape index (κ2) is 15.0. The van der Waals surface area contributed by atoms with Gasteiger partial charge in [-0.3, -0.25) is 18.6 Å². The summed E-state index contributed by atoms with van der Waals surface area (Å²) in [6.07, 6.45) is 2.20. The minimum atomic E-state index is -1.20. The molecule has 196 valence electrons. The highest BCUT2D eigenvalue weighted by molar-refractivity contribution is 7.84. The van der Waals surface area contributed by atoms with Crippen LogP contribution in [0.5, 0.6) is 5.75 Å². The van der Waals surface area contributed by atoms with Crippen molar-refractivity contribution < 1.29 is 28.8 Å². The Hall–Kier alpha value is -3.28. The summed E-state index contributed by atoms with van der Waals surface area (Å²) in [7, 11) is -1.20. The Morgan fingerprint density at radius 1 is 0.944 bits per heavy atom. The normalized spacial score (nSPS) is 14.2. The number of hydrogen-bond donors (Lipinski definition) is 6. The Morgan fingerprint density at radius 3 is 2.19 bits per heavy atom. The van der Waals surface area contributed by atoms with Gasteiger partial charge in [-0.05, 0) is 42.5 Å². The molecule has 0 saturated carbocycles. The molecule has 0 aromatic heterocycles. The zero-order valence-electron chi connectivity index (χ0n) is 20.2. The second-order valence-electron chi connectivity index (χ2n) is 8.46. The van der Waals surface area contributed by atoms with Gasteiger partial charge in [0.15, 0.2) is 0 Å². The first-order valence-corrected chi connectivity index (χ1v) is 13.3. The molecule has 0 radical (unpaired) electrons. The number of aliphatic hydroxyl groups is 1. The predicted octanol–water partition coefficient (Wildman–Crippen LogP) is -0.649. The molecule has 0 fully saturated rings. The fraction of sp³-hybridized carbons (Fsp3) is 0.400. The van der Waals surface area contributed by atoms with Crippen LogP contribution in [0.4, 0.5) is 0 Å². The van der Waals surface area contributed by atoms with Crippen LogP contribution in [-0.2, 0) is 38.0 Å². The largest absolute Gasteiger partial charge is 0.508 e. The van der Waals surface area contributed by atoms with Gasteiger partial charge < -0.3 is 31.9 Å². The quantitative estimate of drug-likeness (QED) is 0.193. The molecule has 1 unspecified atom stereocenters. The van der Waals surface area contributed by atoms with Gasteiger partial charge in [0.1, 0.15) is 11.8 Å². The summed E-state index contributed by atoms with van der Waals surface area (Å²) in [6, 6.07) is 13.1. The van der Waals surface area contributed by atoms with Crippen LogP contribution in [0.3, 0.4) is 0 Å². The van der Waals surface area contributed by atoms with E-state index in [0.29, 0.717) is 6.42 Å². The summed E-state index contributed by atoms with van der Waals surface area (Å²) in [5.41, 5.74) is 7.67. The van der Waals surface area contributed by atoms with Gasteiger partial charge in [0, 0.05) is 22.8 Å². The highest BCUT2D eigenvalue weighted by Gasteiger charge is 2.25. The summed E-state index contributed by atoms with van der Waals surface area (Å²) in [5, 5.41) is 26.7. The number of phenols is 1. The number of rotatable bonds is 14. The summed E-state index contributed by atoms with van der Waals surface area (Å²) in [5.74, 6) is -1.41. The summed E-state index contributed by atoms with van der Waals surface area (Å²) in [6.45, 7) is -0.625. The number of nitrogens with two attached hydrogens (primary N) is 1. The third-order valence-corrected chi connectivity index (χ3v) is 6.20. The molecule has 10 nitrogen and oxygen atoms in total. The molecule has 0 spiro atoms. The van der Waals surface area contributed by atoms with E-state index in [1.54, 1.807) is 12.1 Å². The molecule has 4 atom stereocenters. The van der Waals surface area contributed by atoms with Crippen LogP contribution in [0, 0.1) is 0 Å². The standard InChI is InChI=1S/C25H34N4O6S/c1-36(35)12-11-22(29-24(33)21(26)14-18-7-9-20(31)10-8-18)25(34)27-15-23(32)28-19(16-30)13-17-5-3-2-4-6-17/h2-10,19,21-22,30-31H,11-16,26H2,1H3,(H,27,34)(H,28,32)(H,29,33)/t19-,21-,22+,36?/m0/s1. The molecule has 0 aliphatic carbocycles. The van der Waals surface area contributed by atoms with E-state index in [1.807, 2.05) is 30.3 Å². The average Bonchev–Trinajstić information content (AvgIpc) is 2.86. The maximum absolute atomic E-state index is 12.7. The molecule has 0 heterocycles. The van der Waals surface area contributed by atoms with Crippen molar-refractivity contribution in [3.8, 4) is 5.75 Å². The van der Waals surface area contributed by atoms with Gasteiger partial charge in [0.2, 0.25) is 17.7 Å². The lowest BCUT2D eigenvalue weighted by molar-refractivity contribution is -0.131. The van der Waals surface area contributed by atoms with E-state index in [9.17, 15) is 28.8 Å². The van der Waals surface area contributed by atoms with E-state index < -0.39 is 46.6 Å². The highest BCUT2D eigenvalue weighted by atomic mass is 32.2. The third-order valence-electron chi connectivity index (χ3n) is 5.39. The maximum Gasteiger partial charge on any atom is 0.243 e. The number of amides is 3. The number of phenolic OH excluding ortho intramolecular Hbond substituents is 1. The molecule has 2 aromatic rings. The van der Waals surface area contributed by atoms with Crippen molar-refractivity contribution in [3.63, 3.8) is 0 Å². The van der Waals surface area contributed by atoms with Gasteiger partial charge in [-0.15, -0.1) is 0 Å². The third kappa shape index (κ3) is 10.5. The van der Waals surface area contributed by atoms with Gasteiger partial charge in [-0.2, -0.15) is 0 Å². The molecule has 0 aliphatic heterocycles. The molecule has 11 heteroatoms. The van der Waals surface area contributed by atoms with E-state index in [4.69, 9.17) is 5.73 Å². The monoisotopic (exact) mass is 518 g/mol. The zero-order chi connectivity index (χ0) is 26.5. The number of hydrogen-bond acceptors (Lipinski definition) is 7. The predicted molar refractivity (Wildman–Crippen MR) is 137 cm³/mol. The zero-order valence-corrected chi connectivity index (χ0v) is 21.0. The molecule has 2 rings (SSSR count). The molecule has 3 amide bonds. The lowest BCUT2D eigenvalue weighted by atomic mass is 10.1. The topological polar surface area (TPSA) is 171 Å². The van der Waals surface area contributed by atoms with Crippen molar-refractivity contribution in [2.24, 2.45) is 5.73 Å². The van der Waals surface area contributed by atoms with Crippen LogP contribution in [-0.4, -0.2) is 75.4 Å². The molecule has 0 aliphatic rings. The molecule has 0 bridgehead atoms. The summed E-state index contributed by atoms with van der Waals surface area (Å²) >= 11 is 0. The van der Waals surface area contributed by atoms with Crippen molar-refractivity contribution in [1.82, 2.24) is 16.0 Å². The Balaban J connectivity index is 1.90. The van der Waals surface area contributed by atoms with Crippen LogP contribution in [0.15, 0.2) is 54.6 Å². The fourth-order valence-electron chi connectivity index (χ4n) is 3.44. The highest BCUT2D eigenvalue weighted by Crippen LogP contribution is 2.11. The van der Waals surface area contributed by atoms with Crippen LogP contribution in [0.2, 0.25) is 0 Å². The van der Waals surface area contributed by atoms with Gasteiger partial charge >= 0.3 is 0 Å². The Bertz CT molecular complexity index is 1020. The first kappa shape index (κ1) is 29.0. The second-order valence-corrected chi connectivity index (χ2v) is 10.0. The minimum absolute atomic E-state index is 0.0930. The number of benzene rings is 2. The Kier molecular flexibility index (Phi) is 12.0. The van der Waals surface area contributed by atoms with Crippen LogP contribution in [0.1, 0.15) is 17.5 Å². The number of aromatic hydroxyl groups is 1. The average molecular weight is 519 g/mol. The Labute approximate surface area is 213 Å². The first-order valence-electron chi connectivity index (χ1n) is 11.5. The van der Waals surface area contributed by atoms with Crippen LogP contribution < -0.4 is 21.7 Å². The van der Waals surface area contributed by atoms with E-state index in [1.165, 1.54) is 18.4 Å². The van der Waals surface area contributed by atoms with Gasteiger partial charge in [0.25, 0.3) is 0 Å². The van der Waals surface area contributed by atoms with Gasteiger partial charge in [-0.25, -0.2) is 0 Å². The first-order chi connectivity index (χ1) is 17.2. The fourth-order valence-corrected chi connectivity index (χ4v) is 4.01. The van der Waals surface area contributed by atoms with Crippen molar-refractivity contribution in [2.45, 2.75) is 37.4 Å². The molecule has 2 aromatic carbocycles. The smallest absolute Gasteiger partial charge is 0.243 e. The van der Waals surface area contributed by atoms with Crippen molar-refractivity contribution in [2.75, 3.05) is 25.2 Å². The molecule has 0 saturated heterocycles. The van der Waals surface area contributed by atoms with Gasteiger partial charge in [-0.1, -0.05) is 42.5 Å². The summed E-state index contributed by atoms with van der Waals surface area (Å²) in [4.78, 5) is 37.7.